The van der Waals surface area contributed by atoms with Gasteiger partial charge in [0.15, 0.2) is 0 Å². The molecular formula is C19H11NO2. The van der Waals surface area contributed by atoms with E-state index in [2.05, 4.69) is 12.1 Å². The van der Waals surface area contributed by atoms with Crippen LogP contribution in [0.4, 0.5) is 0 Å². The van der Waals surface area contributed by atoms with Crippen LogP contribution in [0.25, 0.3) is 38.5 Å². The predicted molar refractivity (Wildman–Crippen MR) is 88.5 cm³/mol. The summed E-state index contributed by atoms with van der Waals surface area (Å²) < 4.78 is 8.06. The van der Waals surface area contributed by atoms with Crippen LogP contribution in [-0.4, -0.2) is 4.40 Å². The number of rotatable bonds is 0. The van der Waals surface area contributed by atoms with Crippen LogP contribution >= 0.6 is 0 Å². The monoisotopic (exact) mass is 285 g/mol. The number of hydrogen-bond donors (Lipinski definition) is 0. The van der Waals surface area contributed by atoms with Gasteiger partial charge in [0.2, 0.25) is 11.1 Å². The number of pyridine rings is 1. The van der Waals surface area contributed by atoms with Crippen molar-refractivity contribution in [3.05, 3.63) is 77.0 Å². The summed E-state index contributed by atoms with van der Waals surface area (Å²) >= 11 is 0. The average Bonchev–Trinajstić information content (AvgIpc) is 2.94. The topological polar surface area (TPSA) is 34.6 Å². The predicted octanol–water partition coefficient (Wildman–Crippen LogP) is 4.35. The van der Waals surface area contributed by atoms with Crippen LogP contribution in [0.1, 0.15) is 0 Å². The maximum Gasteiger partial charge on any atom is 0.216 e. The van der Waals surface area contributed by atoms with E-state index in [-0.39, 0.29) is 5.43 Å². The second-order valence-electron chi connectivity index (χ2n) is 5.44. The Bertz CT molecular complexity index is 1240. The molecule has 0 fully saturated rings. The Morgan fingerprint density at radius 1 is 0.818 bits per heavy atom. The molecule has 3 heteroatoms. The second kappa shape index (κ2) is 3.98. The van der Waals surface area contributed by atoms with E-state index in [1.807, 2.05) is 52.9 Å². The molecule has 3 aromatic heterocycles. The van der Waals surface area contributed by atoms with E-state index in [9.17, 15) is 4.79 Å². The molecule has 0 aliphatic heterocycles. The molecular weight excluding hydrogens is 274 g/mol. The molecule has 0 amide bonds. The van der Waals surface area contributed by atoms with Crippen LogP contribution < -0.4 is 5.43 Å². The van der Waals surface area contributed by atoms with Gasteiger partial charge in [0.25, 0.3) is 0 Å². The fourth-order valence-electron chi connectivity index (χ4n) is 3.15. The summed E-state index contributed by atoms with van der Waals surface area (Å²) in [5.74, 6) is 0. The Morgan fingerprint density at radius 2 is 1.64 bits per heavy atom. The fraction of sp³-hybridized carbons (Fsp3) is 0. The number of para-hydroxylation sites is 2. The van der Waals surface area contributed by atoms with Gasteiger partial charge in [-0.05, 0) is 35.7 Å². The Balaban J connectivity index is 2.14. The maximum atomic E-state index is 12.7. The summed E-state index contributed by atoms with van der Waals surface area (Å²) in [7, 11) is 0. The zero-order chi connectivity index (χ0) is 14.7. The molecule has 0 aliphatic rings. The SMILES string of the molecule is O=c1c2ccccc2oc2c1cc1ccc3ccccc3n12. The first-order chi connectivity index (χ1) is 10.8. The minimum absolute atomic E-state index is 0.0182. The van der Waals surface area contributed by atoms with Crippen LogP contribution in [0, 0.1) is 0 Å². The van der Waals surface area contributed by atoms with Crippen LogP contribution in [0.5, 0.6) is 0 Å². The van der Waals surface area contributed by atoms with E-state index < -0.39 is 0 Å². The molecule has 0 atom stereocenters. The minimum atomic E-state index is 0.0182. The molecule has 5 aromatic rings. The first kappa shape index (κ1) is 11.6. The number of aromatic nitrogens is 1. The fourth-order valence-corrected chi connectivity index (χ4v) is 3.15. The lowest BCUT2D eigenvalue weighted by Crippen LogP contribution is -2.00. The largest absolute Gasteiger partial charge is 0.439 e. The van der Waals surface area contributed by atoms with Crippen LogP contribution in [-0.2, 0) is 0 Å². The molecule has 0 radical (unpaired) electrons. The Labute approximate surface area is 125 Å². The third-order valence-electron chi connectivity index (χ3n) is 4.18. The first-order valence-electron chi connectivity index (χ1n) is 7.18. The quantitative estimate of drug-likeness (QED) is 0.424. The lowest BCUT2D eigenvalue weighted by molar-refractivity contribution is 0.643. The Hall–Kier alpha value is -3.07. The van der Waals surface area contributed by atoms with Gasteiger partial charge in [-0.3, -0.25) is 9.20 Å². The molecule has 0 saturated heterocycles. The second-order valence-corrected chi connectivity index (χ2v) is 5.44. The van der Waals surface area contributed by atoms with E-state index in [0.717, 1.165) is 16.4 Å². The Morgan fingerprint density at radius 3 is 2.59 bits per heavy atom. The van der Waals surface area contributed by atoms with Crippen molar-refractivity contribution >= 4 is 38.5 Å². The van der Waals surface area contributed by atoms with Crippen molar-refractivity contribution in [1.82, 2.24) is 4.40 Å². The van der Waals surface area contributed by atoms with Gasteiger partial charge < -0.3 is 4.42 Å². The highest BCUT2D eigenvalue weighted by atomic mass is 16.3. The molecule has 0 N–H and O–H groups in total. The number of nitrogens with zero attached hydrogens (tertiary/aromatic N) is 1. The van der Waals surface area contributed by atoms with E-state index in [1.165, 1.54) is 0 Å². The van der Waals surface area contributed by atoms with Crippen molar-refractivity contribution in [2.24, 2.45) is 0 Å². The van der Waals surface area contributed by atoms with Gasteiger partial charge in [-0.15, -0.1) is 0 Å². The lowest BCUT2D eigenvalue weighted by Gasteiger charge is -2.04. The summed E-state index contributed by atoms with van der Waals surface area (Å²) in [5.41, 5.74) is 3.24. The highest BCUT2D eigenvalue weighted by Gasteiger charge is 2.13. The van der Waals surface area contributed by atoms with Gasteiger partial charge in [0, 0.05) is 0 Å². The summed E-state index contributed by atoms with van der Waals surface area (Å²) in [6, 6.07) is 21.5. The molecule has 0 spiro atoms. The van der Waals surface area contributed by atoms with Crippen molar-refractivity contribution in [3.63, 3.8) is 0 Å². The summed E-state index contributed by atoms with van der Waals surface area (Å²) in [4.78, 5) is 12.7. The van der Waals surface area contributed by atoms with Crippen molar-refractivity contribution in [1.29, 1.82) is 0 Å². The van der Waals surface area contributed by atoms with E-state index >= 15 is 0 Å². The summed E-state index contributed by atoms with van der Waals surface area (Å²) in [6.45, 7) is 0. The highest BCUT2D eigenvalue weighted by molar-refractivity contribution is 5.96. The van der Waals surface area contributed by atoms with Crippen molar-refractivity contribution in [3.8, 4) is 0 Å². The first-order valence-corrected chi connectivity index (χ1v) is 7.18. The lowest BCUT2D eigenvalue weighted by atomic mass is 10.2. The van der Waals surface area contributed by atoms with Gasteiger partial charge in [-0.2, -0.15) is 0 Å². The standard InChI is InChI=1S/C19H11NO2/c21-18-14-6-2-4-8-17(14)22-19-15(18)11-13-10-9-12-5-1-3-7-16(12)20(13)19/h1-11H. The molecule has 0 bridgehead atoms. The van der Waals surface area contributed by atoms with Gasteiger partial charge >= 0.3 is 0 Å². The van der Waals surface area contributed by atoms with Gasteiger partial charge in [-0.25, -0.2) is 0 Å². The minimum Gasteiger partial charge on any atom is -0.439 e. The number of hydrogen-bond acceptors (Lipinski definition) is 2. The molecule has 3 nitrogen and oxygen atoms in total. The van der Waals surface area contributed by atoms with Crippen molar-refractivity contribution < 1.29 is 4.42 Å². The van der Waals surface area contributed by atoms with Gasteiger partial charge in [0.05, 0.1) is 21.8 Å². The Kier molecular flexibility index (Phi) is 2.09. The number of fused-ring (bicyclic) bond motifs is 6. The van der Waals surface area contributed by atoms with Crippen LogP contribution in [0.2, 0.25) is 0 Å². The van der Waals surface area contributed by atoms with E-state index in [0.29, 0.717) is 22.1 Å². The van der Waals surface area contributed by atoms with Gasteiger partial charge in [0.1, 0.15) is 5.58 Å². The summed E-state index contributed by atoms with van der Waals surface area (Å²) in [5, 5.41) is 2.36. The van der Waals surface area contributed by atoms with Crippen molar-refractivity contribution in [2.45, 2.75) is 0 Å². The summed E-state index contributed by atoms with van der Waals surface area (Å²) in [6.07, 6.45) is 0. The van der Waals surface area contributed by atoms with E-state index in [4.69, 9.17) is 4.42 Å². The zero-order valence-corrected chi connectivity index (χ0v) is 11.6. The molecule has 2 aromatic carbocycles. The molecule has 3 heterocycles. The van der Waals surface area contributed by atoms with E-state index in [1.54, 1.807) is 6.07 Å². The zero-order valence-electron chi connectivity index (χ0n) is 11.6. The molecule has 5 rings (SSSR count). The molecule has 104 valence electrons. The molecule has 0 aliphatic carbocycles. The normalized spacial score (nSPS) is 11.8. The number of benzene rings is 2. The average molecular weight is 285 g/mol. The van der Waals surface area contributed by atoms with Crippen molar-refractivity contribution in [2.75, 3.05) is 0 Å². The smallest absolute Gasteiger partial charge is 0.216 e. The molecule has 22 heavy (non-hydrogen) atoms. The molecule has 0 saturated carbocycles. The van der Waals surface area contributed by atoms with Crippen LogP contribution in [0.15, 0.2) is 75.9 Å². The third kappa shape index (κ3) is 1.37. The highest BCUT2D eigenvalue weighted by Crippen LogP contribution is 2.26. The maximum absolute atomic E-state index is 12.7. The third-order valence-corrected chi connectivity index (χ3v) is 4.18. The van der Waals surface area contributed by atoms with Crippen LogP contribution in [0.3, 0.4) is 0 Å². The van der Waals surface area contributed by atoms with Gasteiger partial charge in [-0.1, -0.05) is 36.4 Å². The molecule has 0 unspecified atom stereocenters.